The normalized spacial score (nSPS) is 14.0. The van der Waals surface area contributed by atoms with E-state index in [4.69, 9.17) is 5.26 Å². The number of thiazole rings is 1. The number of benzene rings is 2. The number of anilines is 1. The fraction of sp³-hybridized carbons (Fsp3) is 0.200. The zero-order valence-corrected chi connectivity index (χ0v) is 17.0. The molecule has 0 aliphatic heterocycles. The summed E-state index contributed by atoms with van der Waals surface area (Å²) in [4.78, 5) is 4.03. The van der Waals surface area contributed by atoms with Crippen molar-refractivity contribution in [2.45, 2.75) is 29.9 Å². The highest BCUT2D eigenvalue weighted by Crippen LogP contribution is 2.44. The summed E-state index contributed by atoms with van der Waals surface area (Å²) in [5.41, 5.74) is 2.40. The Hall–Kier alpha value is -2.84. The largest absolute Gasteiger partial charge is 0.364 e. The molecule has 1 heterocycles. The van der Waals surface area contributed by atoms with Crippen molar-refractivity contribution in [1.29, 1.82) is 5.26 Å². The summed E-state index contributed by atoms with van der Waals surface area (Å²) in [6.45, 7) is 0. The van der Waals surface area contributed by atoms with Crippen molar-refractivity contribution < 1.29 is 23.0 Å². The number of aromatic nitrogens is 1. The Morgan fingerprint density at radius 2 is 2.03 bits per heavy atom. The summed E-state index contributed by atoms with van der Waals surface area (Å²) in [7, 11) is -4.18. The van der Waals surface area contributed by atoms with Crippen molar-refractivity contribution in [3.8, 4) is 17.3 Å². The number of halogens is 1. The van der Waals surface area contributed by atoms with E-state index in [0.717, 1.165) is 25.0 Å². The Labute approximate surface area is 176 Å². The summed E-state index contributed by atoms with van der Waals surface area (Å²) in [5, 5.41) is 29.7. The fourth-order valence-corrected chi connectivity index (χ4v) is 5.13. The molecule has 1 aliphatic rings. The van der Waals surface area contributed by atoms with Gasteiger partial charge in [-0.25, -0.2) is 17.8 Å². The fourth-order valence-electron chi connectivity index (χ4n) is 3.18. The van der Waals surface area contributed by atoms with E-state index in [0.29, 0.717) is 11.3 Å². The molecule has 4 rings (SSSR count). The average molecular weight is 445 g/mol. The van der Waals surface area contributed by atoms with Gasteiger partial charge in [-0.05, 0) is 42.5 Å². The maximum atomic E-state index is 14.2. The average Bonchev–Trinajstić information content (AvgIpc) is 3.42. The molecule has 1 aliphatic carbocycles. The minimum atomic E-state index is -4.18. The van der Waals surface area contributed by atoms with Gasteiger partial charge in [0.1, 0.15) is 11.9 Å². The zero-order chi connectivity index (χ0) is 21.5. The third kappa shape index (κ3) is 3.93. The van der Waals surface area contributed by atoms with Crippen LogP contribution in [-0.2, 0) is 10.0 Å². The molecule has 1 aromatic heterocycles. The summed E-state index contributed by atoms with van der Waals surface area (Å²) in [5.74, 6) is -0.713. The Morgan fingerprint density at radius 1 is 1.27 bits per heavy atom. The molecule has 2 aromatic carbocycles. The van der Waals surface area contributed by atoms with Crippen molar-refractivity contribution in [3.05, 3.63) is 63.7 Å². The molecule has 3 N–H and O–H groups in total. The molecule has 3 aromatic rings. The molecule has 154 valence electrons. The third-order valence-electron chi connectivity index (χ3n) is 4.82. The van der Waals surface area contributed by atoms with Crippen LogP contribution in [0.4, 0.5) is 10.1 Å². The van der Waals surface area contributed by atoms with Crippen molar-refractivity contribution in [3.63, 3.8) is 0 Å². The van der Waals surface area contributed by atoms with Crippen molar-refractivity contribution in [1.82, 2.24) is 4.98 Å². The first-order chi connectivity index (χ1) is 14.3. The smallest absolute Gasteiger partial charge is 0.262 e. The molecule has 0 saturated heterocycles. The van der Waals surface area contributed by atoms with Crippen molar-refractivity contribution >= 4 is 27.0 Å². The van der Waals surface area contributed by atoms with Gasteiger partial charge in [0.05, 0.1) is 27.4 Å². The van der Waals surface area contributed by atoms with Crippen LogP contribution in [0.1, 0.15) is 41.7 Å². The van der Waals surface area contributed by atoms with Crippen LogP contribution >= 0.6 is 11.3 Å². The van der Waals surface area contributed by atoms with E-state index in [-0.39, 0.29) is 33.2 Å². The number of hydrogen-bond acceptors (Lipinski definition) is 7. The Kier molecular flexibility index (Phi) is 5.29. The van der Waals surface area contributed by atoms with Gasteiger partial charge in [-0.15, -0.1) is 11.3 Å². The topological polar surface area (TPSA) is 123 Å². The van der Waals surface area contributed by atoms with Crippen molar-refractivity contribution in [2.24, 2.45) is 0 Å². The molecule has 0 atom stereocenters. The van der Waals surface area contributed by atoms with Crippen LogP contribution < -0.4 is 4.72 Å². The molecule has 0 spiro atoms. The second kappa shape index (κ2) is 7.77. The van der Waals surface area contributed by atoms with Crippen LogP contribution in [0.2, 0.25) is 0 Å². The van der Waals surface area contributed by atoms with Gasteiger partial charge in [0, 0.05) is 16.5 Å². The molecule has 0 bridgehead atoms. The summed E-state index contributed by atoms with van der Waals surface area (Å²) in [6, 6.07) is 8.18. The van der Waals surface area contributed by atoms with E-state index in [2.05, 4.69) is 9.71 Å². The molecule has 0 radical (unpaired) electrons. The van der Waals surface area contributed by atoms with Crippen LogP contribution in [0.25, 0.3) is 11.3 Å². The summed E-state index contributed by atoms with van der Waals surface area (Å²) >= 11 is 1.26. The lowest BCUT2D eigenvalue weighted by Gasteiger charge is -2.16. The highest BCUT2D eigenvalue weighted by molar-refractivity contribution is 7.92. The van der Waals surface area contributed by atoms with Crippen molar-refractivity contribution in [2.75, 3.05) is 4.72 Å². The first-order valence-corrected chi connectivity index (χ1v) is 11.4. The molecular formula is C20H16FN3O4S2. The molecule has 1 saturated carbocycles. The molecule has 1 fully saturated rings. The Balaban J connectivity index is 1.83. The third-order valence-corrected chi connectivity index (χ3v) is 6.83. The van der Waals surface area contributed by atoms with E-state index in [1.54, 1.807) is 17.5 Å². The van der Waals surface area contributed by atoms with E-state index in [1.165, 1.54) is 29.0 Å². The first kappa shape index (κ1) is 20.4. The number of nitrogens with zero attached hydrogens (tertiary/aromatic N) is 2. The summed E-state index contributed by atoms with van der Waals surface area (Å²) in [6.07, 6.45) is -0.153. The second-order valence-corrected chi connectivity index (χ2v) is 9.28. The summed E-state index contributed by atoms with van der Waals surface area (Å²) < 4.78 is 43.2. The van der Waals surface area contributed by atoms with E-state index >= 15 is 0 Å². The van der Waals surface area contributed by atoms with Gasteiger partial charge in [0.25, 0.3) is 10.0 Å². The standard InChI is InChI=1S/C20H16FN3O4S2/c21-16-7-15(18-9-29-10-23-18)17(5-13(16)8-22)24-30(27,28)19-6-12(20(25)26)3-4-14(19)11-1-2-11/h3-7,9-11,20,24-26H,1-2H2. The lowest BCUT2D eigenvalue weighted by molar-refractivity contribution is -0.0426. The van der Waals surface area contributed by atoms with E-state index < -0.39 is 22.1 Å². The van der Waals surface area contributed by atoms with Gasteiger partial charge in [-0.3, -0.25) is 4.72 Å². The lowest BCUT2D eigenvalue weighted by atomic mass is 10.1. The van der Waals surface area contributed by atoms with E-state index in [1.807, 2.05) is 0 Å². The van der Waals surface area contributed by atoms with Gasteiger partial charge < -0.3 is 10.2 Å². The van der Waals surface area contributed by atoms with Crippen LogP contribution in [0.3, 0.4) is 0 Å². The maximum Gasteiger partial charge on any atom is 0.262 e. The zero-order valence-electron chi connectivity index (χ0n) is 15.4. The van der Waals surface area contributed by atoms with Crippen LogP contribution in [-0.4, -0.2) is 23.6 Å². The number of aliphatic hydroxyl groups is 2. The quantitative estimate of drug-likeness (QED) is 0.499. The van der Waals surface area contributed by atoms with Gasteiger partial charge in [0.15, 0.2) is 6.29 Å². The SMILES string of the molecule is N#Cc1cc(NS(=O)(=O)c2cc(C(O)O)ccc2C2CC2)c(-c2cscn2)cc1F. The lowest BCUT2D eigenvalue weighted by Crippen LogP contribution is -2.16. The molecule has 10 heteroatoms. The molecular weight excluding hydrogens is 429 g/mol. The molecule has 0 unspecified atom stereocenters. The van der Waals surface area contributed by atoms with Gasteiger partial charge in [-0.1, -0.05) is 12.1 Å². The van der Waals surface area contributed by atoms with Crippen LogP contribution in [0.15, 0.2) is 46.1 Å². The number of nitriles is 1. The predicted molar refractivity (Wildman–Crippen MR) is 109 cm³/mol. The molecule has 30 heavy (non-hydrogen) atoms. The van der Waals surface area contributed by atoms with E-state index in [9.17, 15) is 23.0 Å². The minimum absolute atomic E-state index is 0.00977. The minimum Gasteiger partial charge on any atom is -0.364 e. The number of nitrogens with one attached hydrogen (secondary N) is 1. The number of aliphatic hydroxyl groups excluding tert-OH is 1. The highest BCUT2D eigenvalue weighted by atomic mass is 32.2. The molecule has 0 amide bonds. The number of rotatable bonds is 6. The monoisotopic (exact) mass is 445 g/mol. The maximum absolute atomic E-state index is 14.2. The molecule has 7 nitrogen and oxygen atoms in total. The predicted octanol–water partition coefficient (Wildman–Crippen LogP) is 3.48. The Morgan fingerprint density at radius 3 is 2.63 bits per heavy atom. The number of sulfonamides is 1. The highest BCUT2D eigenvalue weighted by Gasteiger charge is 2.31. The Bertz CT molecular complexity index is 1250. The number of hydrogen-bond donors (Lipinski definition) is 3. The first-order valence-electron chi connectivity index (χ1n) is 8.95. The van der Waals surface area contributed by atoms with Crippen LogP contribution in [0.5, 0.6) is 0 Å². The van der Waals surface area contributed by atoms with Gasteiger partial charge in [-0.2, -0.15) is 5.26 Å². The van der Waals surface area contributed by atoms with Crippen LogP contribution in [0, 0.1) is 17.1 Å². The van der Waals surface area contributed by atoms with Gasteiger partial charge in [0.2, 0.25) is 0 Å². The van der Waals surface area contributed by atoms with Gasteiger partial charge >= 0.3 is 0 Å². The second-order valence-electron chi connectivity index (χ2n) is 6.91.